The Labute approximate surface area is 155 Å². The van der Waals surface area contributed by atoms with Gasteiger partial charge in [-0.3, -0.25) is 14.2 Å². The predicted octanol–water partition coefficient (Wildman–Crippen LogP) is 1.04. The Morgan fingerprint density at radius 3 is 2.70 bits per heavy atom. The van der Waals surface area contributed by atoms with Crippen LogP contribution >= 0.6 is 0 Å². The van der Waals surface area contributed by atoms with Crippen molar-refractivity contribution in [3.63, 3.8) is 0 Å². The normalized spacial score (nSPS) is 14.6. The van der Waals surface area contributed by atoms with E-state index in [1.165, 1.54) is 15.6 Å². The van der Waals surface area contributed by atoms with Crippen molar-refractivity contribution in [3.8, 4) is 11.4 Å². The molecule has 27 heavy (non-hydrogen) atoms. The molecule has 1 aromatic carbocycles. The lowest BCUT2D eigenvalue weighted by Crippen LogP contribution is -2.37. The molecule has 9 nitrogen and oxygen atoms in total. The summed E-state index contributed by atoms with van der Waals surface area (Å²) in [5, 5.41) is 11.0. The number of hydrogen-bond acceptors (Lipinski definition) is 6. The second-order valence-corrected chi connectivity index (χ2v) is 6.60. The number of carbonyl (C=O) groups excluding carboxylic acids is 1. The van der Waals surface area contributed by atoms with Gasteiger partial charge in [0.25, 0.3) is 5.56 Å². The van der Waals surface area contributed by atoms with Gasteiger partial charge in [-0.25, -0.2) is 4.98 Å². The summed E-state index contributed by atoms with van der Waals surface area (Å²) < 4.78 is 7.89. The molecule has 0 spiro atoms. The molecule has 1 saturated carbocycles. The van der Waals surface area contributed by atoms with E-state index >= 15 is 0 Å². The maximum absolute atomic E-state index is 12.7. The number of fused-ring (bicyclic) bond motifs is 1. The third kappa shape index (κ3) is 3.40. The molecule has 3 aromatic rings. The van der Waals surface area contributed by atoms with Crippen LogP contribution in [0.4, 0.5) is 0 Å². The van der Waals surface area contributed by atoms with Gasteiger partial charge in [-0.1, -0.05) is 18.1 Å². The highest BCUT2D eigenvalue weighted by atomic mass is 16.5. The van der Waals surface area contributed by atoms with E-state index in [1.54, 1.807) is 31.4 Å². The van der Waals surface area contributed by atoms with E-state index in [0.717, 1.165) is 25.7 Å². The summed E-state index contributed by atoms with van der Waals surface area (Å²) in [6, 6.07) is 7.39. The van der Waals surface area contributed by atoms with Gasteiger partial charge >= 0.3 is 0 Å². The van der Waals surface area contributed by atoms with Crippen LogP contribution in [0.15, 0.2) is 35.4 Å². The van der Waals surface area contributed by atoms with Crippen molar-refractivity contribution < 1.29 is 9.53 Å². The van der Waals surface area contributed by atoms with Gasteiger partial charge in [0.1, 0.15) is 18.6 Å². The zero-order chi connectivity index (χ0) is 18.8. The summed E-state index contributed by atoms with van der Waals surface area (Å²) in [7, 11) is 1.59. The molecule has 0 atom stereocenters. The van der Waals surface area contributed by atoms with Crippen molar-refractivity contribution in [2.24, 2.45) is 0 Å². The number of methoxy groups -OCH3 is 1. The van der Waals surface area contributed by atoms with Crippen LogP contribution in [0.2, 0.25) is 0 Å². The van der Waals surface area contributed by atoms with Crippen molar-refractivity contribution in [1.29, 1.82) is 0 Å². The molecule has 2 aromatic heterocycles. The summed E-state index contributed by atoms with van der Waals surface area (Å²) >= 11 is 0. The van der Waals surface area contributed by atoms with Gasteiger partial charge in [0, 0.05) is 6.04 Å². The first-order valence-electron chi connectivity index (χ1n) is 8.90. The van der Waals surface area contributed by atoms with Crippen LogP contribution in [-0.4, -0.2) is 43.6 Å². The minimum atomic E-state index is -0.388. The van der Waals surface area contributed by atoms with Crippen LogP contribution in [0.1, 0.15) is 25.7 Å². The number of rotatable bonds is 5. The van der Waals surface area contributed by atoms with E-state index in [4.69, 9.17) is 4.74 Å². The van der Waals surface area contributed by atoms with Gasteiger partial charge in [0.2, 0.25) is 5.91 Å². The van der Waals surface area contributed by atoms with Gasteiger partial charge in [-0.2, -0.15) is 4.68 Å². The molecule has 1 aliphatic rings. The Balaban J connectivity index is 1.59. The van der Waals surface area contributed by atoms with Crippen LogP contribution < -0.4 is 15.6 Å². The molecule has 1 fully saturated rings. The summed E-state index contributed by atoms with van der Waals surface area (Å²) in [6.07, 6.45) is 5.62. The third-order valence-electron chi connectivity index (χ3n) is 4.78. The molecule has 0 aliphatic heterocycles. The van der Waals surface area contributed by atoms with Crippen molar-refractivity contribution in [3.05, 3.63) is 40.9 Å². The predicted molar refractivity (Wildman–Crippen MR) is 97.9 cm³/mol. The highest BCUT2D eigenvalue weighted by molar-refractivity contribution is 5.77. The lowest BCUT2D eigenvalue weighted by atomic mass is 10.2. The molecule has 4 rings (SSSR count). The molecule has 9 heteroatoms. The highest BCUT2D eigenvalue weighted by Crippen LogP contribution is 2.18. The molecule has 1 aliphatic carbocycles. The van der Waals surface area contributed by atoms with Crippen LogP contribution in [0, 0.1) is 0 Å². The average Bonchev–Trinajstić information content (AvgIpc) is 3.34. The first kappa shape index (κ1) is 17.2. The highest BCUT2D eigenvalue weighted by Gasteiger charge is 2.19. The van der Waals surface area contributed by atoms with E-state index in [9.17, 15) is 9.59 Å². The van der Waals surface area contributed by atoms with E-state index in [0.29, 0.717) is 17.1 Å². The lowest BCUT2D eigenvalue weighted by molar-refractivity contribution is -0.122. The zero-order valence-corrected chi connectivity index (χ0v) is 15.0. The fourth-order valence-electron chi connectivity index (χ4n) is 3.35. The quantitative estimate of drug-likeness (QED) is 0.722. The van der Waals surface area contributed by atoms with Crippen molar-refractivity contribution in [2.45, 2.75) is 38.3 Å². The van der Waals surface area contributed by atoms with Crippen molar-refractivity contribution in [2.75, 3.05) is 7.11 Å². The summed E-state index contributed by atoms with van der Waals surface area (Å²) in [4.78, 5) is 29.1. The van der Waals surface area contributed by atoms with Crippen LogP contribution in [0.5, 0.6) is 5.75 Å². The molecular weight excluding hydrogens is 348 g/mol. The molecule has 1 N–H and O–H groups in total. The van der Waals surface area contributed by atoms with Gasteiger partial charge in [0.15, 0.2) is 11.2 Å². The second kappa shape index (κ2) is 7.18. The zero-order valence-electron chi connectivity index (χ0n) is 15.0. The third-order valence-corrected chi connectivity index (χ3v) is 4.78. The van der Waals surface area contributed by atoms with Crippen LogP contribution in [0.25, 0.3) is 16.9 Å². The topological polar surface area (TPSA) is 104 Å². The summed E-state index contributed by atoms with van der Waals surface area (Å²) in [5.41, 5.74) is 0.794. The maximum atomic E-state index is 12.7. The maximum Gasteiger partial charge on any atom is 0.284 e. The molecule has 0 saturated heterocycles. The molecular formula is C18H20N6O3. The molecule has 0 radical (unpaired) electrons. The smallest absolute Gasteiger partial charge is 0.284 e. The number of ether oxygens (including phenoxy) is 1. The van der Waals surface area contributed by atoms with Crippen LogP contribution in [0.3, 0.4) is 0 Å². The minimum Gasteiger partial charge on any atom is -0.497 e. The number of amides is 1. The number of benzene rings is 1. The molecule has 0 unspecified atom stereocenters. The van der Waals surface area contributed by atoms with Crippen LogP contribution in [-0.2, 0) is 11.3 Å². The summed E-state index contributed by atoms with van der Waals surface area (Å²) in [6.45, 7) is -0.0757. The number of carbonyl (C=O) groups is 1. The van der Waals surface area contributed by atoms with Gasteiger partial charge in [-0.15, -0.1) is 5.10 Å². The fourth-order valence-corrected chi connectivity index (χ4v) is 3.35. The molecule has 1 amide bonds. The minimum absolute atomic E-state index is 0.0757. The number of hydrogen-bond donors (Lipinski definition) is 1. The first-order chi connectivity index (χ1) is 13.2. The molecule has 140 valence electrons. The SMILES string of the molecule is COc1ccc(-n2nnc3c(=O)n(CC(=O)NC4CCCC4)cnc32)cc1. The number of nitrogens with zero attached hydrogens (tertiary/aromatic N) is 5. The Morgan fingerprint density at radius 2 is 2.00 bits per heavy atom. The van der Waals surface area contributed by atoms with E-state index < -0.39 is 0 Å². The first-order valence-corrected chi connectivity index (χ1v) is 8.90. The van der Waals surface area contributed by atoms with E-state index in [1.807, 2.05) is 0 Å². The number of nitrogens with one attached hydrogen (secondary N) is 1. The van der Waals surface area contributed by atoms with E-state index in [2.05, 4.69) is 20.6 Å². The summed E-state index contributed by atoms with van der Waals surface area (Å²) in [5.74, 6) is 0.527. The monoisotopic (exact) mass is 368 g/mol. The Morgan fingerprint density at radius 1 is 1.26 bits per heavy atom. The largest absolute Gasteiger partial charge is 0.497 e. The van der Waals surface area contributed by atoms with Gasteiger partial charge in [-0.05, 0) is 37.1 Å². The second-order valence-electron chi connectivity index (χ2n) is 6.60. The van der Waals surface area contributed by atoms with E-state index in [-0.39, 0.29) is 29.6 Å². The average molecular weight is 368 g/mol. The standard InChI is InChI=1S/C18H20N6O3/c1-27-14-8-6-13(7-9-14)24-17-16(21-22-24)18(26)23(11-19-17)10-15(25)20-12-4-2-3-5-12/h6-9,11-12H,2-5,10H2,1H3,(H,20,25). The Bertz CT molecular complexity index is 1020. The van der Waals surface area contributed by atoms with Crippen molar-refractivity contribution >= 4 is 17.1 Å². The Hall–Kier alpha value is -3.23. The molecule has 2 heterocycles. The van der Waals surface area contributed by atoms with Crippen molar-refractivity contribution in [1.82, 2.24) is 29.9 Å². The lowest BCUT2D eigenvalue weighted by Gasteiger charge is -2.12. The number of aromatic nitrogens is 5. The Kier molecular flexibility index (Phi) is 4.57. The fraction of sp³-hybridized carbons (Fsp3) is 0.389. The molecule has 0 bridgehead atoms. The van der Waals surface area contributed by atoms with Gasteiger partial charge in [0.05, 0.1) is 12.8 Å². The van der Waals surface area contributed by atoms with Gasteiger partial charge < -0.3 is 10.1 Å².